The van der Waals surface area contributed by atoms with E-state index in [1.807, 2.05) is 0 Å². The third kappa shape index (κ3) is 1.89. The molecule has 0 aliphatic heterocycles. The zero-order valence-electron chi connectivity index (χ0n) is 9.22. The fraction of sp³-hybridized carbons (Fsp3) is 0.500. The molecule has 0 spiro atoms. The number of halogens is 2. The van der Waals surface area contributed by atoms with Gasteiger partial charge in [0.05, 0.1) is 12.1 Å². The van der Waals surface area contributed by atoms with Crippen molar-refractivity contribution in [2.45, 2.75) is 31.2 Å². The molecule has 16 heavy (non-hydrogen) atoms. The molecule has 2 rings (SSSR count). The molecular weight excluding hydrogens is 229 g/mol. The van der Waals surface area contributed by atoms with Gasteiger partial charge in [0, 0.05) is 5.54 Å². The number of ether oxygens (including phenoxy) is 1. The highest BCUT2D eigenvalue weighted by Gasteiger charge is 2.32. The van der Waals surface area contributed by atoms with E-state index in [0.29, 0.717) is 0 Å². The highest BCUT2D eigenvalue weighted by Crippen LogP contribution is 2.39. The second kappa shape index (κ2) is 4.22. The van der Waals surface area contributed by atoms with Crippen molar-refractivity contribution in [2.75, 3.05) is 7.11 Å². The van der Waals surface area contributed by atoms with Crippen molar-refractivity contribution in [3.63, 3.8) is 0 Å². The lowest BCUT2D eigenvalue weighted by Crippen LogP contribution is -2.33. The minimum absolute atomic E-state index is 0.0751. The molecular formula is C12H15ClFNO. The zero-order chi connectivity index (χ0) is 11.8. The van der Waals surface area contributed by atoms with Crippen molar-refractivity contribution in [1.82, 2.24) is 0 Å². The SMILES string of the molecule is COc1cc(C2(N)CCCC2)cc(Cl)c1F. The summed E-state index contributed by atoms with van der Waals surface area (Å²) < 4.78 is 18.5. The van der Waals surface area contributed by atoms with E-state index in [0.717, 1.165) is 31.2 Å². The van der Waals surface area contributed by atoms with Crippen LogP contribution in [0.15, 0.2) is 12.1 Å². The van der Waals surface area contributed by atoms with E-state index in [1.54, 1.807) is 12.1 Å². The number of benzene rings is 1. The van der Waals surface area contributed by atoms with Gasteiger partial charge in [-0.25, -0.2) is 4.39 Å². The van der Waals surface area contributed by atoms with Crippen molar-refractivity contribution in [3.05, 3.63) is 28.5 Å². The van der Waals surface area contributed by atoms with Crippen LogP contribution in [-0.2, 0) is 5.54 Å². The predicted molar refractivity (Wildman–Crippen MR) is 62.3 cm³/mol. The molecule has 0 atom stereocenters. The minimum Gasteiger partial charge on any atom is -0.494 e. The number of hydrogen-bond donors (Lipinski definition) is 1. The highest BCUT2D eigenvalue weighted by molar-refractivity contribution is 6.31. The summed E-state index contributed by atoms with van der Waals surface area (Å²) in [6.07, 6.45) is 4.04. The Hall–Kier alpha value is -0.800. The Labute approximate surface area is 99.5 Å². The summed E-state index contributed by atoms with van der Waals surface area (Å²) in [6.45, 7) is 0. The van der Waals surface area contributed by atoms with E-state index in [2.05, 4.69) is 0 Å². The average molecular weight is 244 g/mol. The first kappa shape index (κ1) is 11.7. The lowest BCUT2D eigenvalue weighted by Gasteiger charge is -2.25. The number of nitrogens with two attached hydrogens (primary N) is 1. The van der Waals surface area contributed by atoms with Crippen LogP contribution < -0.4 is 10.5 Å². The molecule has 88 valence electrons. The van der Waals surface area contributed by atoms with Crippen molar-refractivity contribution >= 4 is 11.6 Å². The molecule has 1 aliphatic carbocycles. The molecule has 0 bridgehead atoms. The van der Waals surface area contributed by atoms with Crippen LogP contribution in [-0.4, -0.2) is 7.11 Å². The van der Waals surface area contributed by atoms with Crippen LogP contribution in [0, 0.1) is 5.82 Å². The summed E-state index contributed by atoms with van der Waals surface area (Å²) >= 11 is 5.83. The summed E-state index contributed by atoms with van der Waals surface area (Å²) in [6, 6.07) is 3.28. The molecule has 0 saturated heterocycles. The third-order valence-corrected chi connectivity index (χ3v) is 3.56. The van der Waals surface area contributed by atoms with Crippen molar-refractivity contribution in [3.8, 4) is 5.75 Å². The molecule has 1 aromatic rings. The standard InChI is InChI=1S/C12H15ClFNO/c1-16-10-7-8(6-9(13)11(10)14)12(15)4-2-3-5-12/h6-7H,2-5,15H2,1H3. The van der Waals surface area contributed by atoms with Gasteiger partial charge in [0.1, 0.15) is 0 Å². The van der Waals surface area contributed by atoms with Gasteiger partial charge >= 0.3 is 0 Å². The van der Waals surface area contributed by atoms with Gasteiger partial charge in [-0.1, -0.05) is 24.4 Å². The van der Waals surface area contributed by atoms with Crippen LogP contribution >= 0.6 is 11.6 Å². The van der Waals surface area contributed by atoms with Gasteiger partial charge in [-0.3, -0.25) is 0 Å². The second-order valence-electron chi connectivity index (χ2n) is 4.34. The minimum atomic E-state index is -0.519. The van der Waals surface area contributed by atoms with Crippen molar-refractivity contribution in [1.29, 1.82) is 0 Å². The third-order valence-electron chi connectivity index (χ3n) is 3.29. The van der Waals surface area contributed by atoms with E-state index >= 15 is 0 Å². The van der Waals surface area contributed by atoms with E-state index < -0.39 is 5.82 Å². The van der Waals surface area contributed by atoms with Crippen LogP contribution in [0.3, 0.4) is 0 Å². The number of hydrogen-bond acceptors (Lipinski definition) is 2. The summed E-state index contributed by atoms with van der Waals surface area (Å²) in [4.78, 5) is 0. The van der Waals surface area contributed by atoms with Gasteiger partial charge in [-0.05, 0) is 30.5 Å². The molecule has 0 unspecified atom stereocenters. The largest absolute Gasteiger partial charge is 0.494 e. The average Bonchev–Trinajstić information content (AvgIpc) is 2.70. The Bertz CT molecular complexity index is 402. The van der Waals surface area contributed by atoms with Gasteiger partial charge in [0.25, 0.3) is 0 Å². The lowest BCUT2D eigenvalue weighted by atomic mass is 9.89. The summed E-state index contributed by atoms with van der Waals surface area (Å²) in [7, 11) is 1.43. The normalized spacial score (nSPS) is 18.8. The van der Waals surface area contributed by atoms with Gasteiger partial charge < -0.3 is 10.5 Å². The van der Waals surface area contributed by atoms with E-state index in [-0.39, 0.29) is 16.3 Å². The van der Waals surface area contributed by atoms with Gasteiger partial charge in [0.15, 0.2) is 11.6 Å². The monoisotopic (exact) mass is 243 g/mol. The van der Waals surface area contributed by atoms with Crippen LogP contribution in [0.4, 0.5) is 4.39 Å². The Kier molecular flexibility index (Phi) is 3.08. The first-order valence-electron chi connectivity index (χ1n) is 5.39. The van der Waals surface area contributed by atoms with Crippen molar-refractivity contribution < 1.29 is 9.13 Å². The van der Waals surface area contributed by atoms with E-state index in [1.165, 1.54) is 7.11 Å². The topological polar surface area (TPSA) is 35.2 Å². The maximum atomic E-state index is 13.5. The zero-order valence-corrected chi connectivity index (χ0v) is 9.98. The fourth-order valence-corrected chi connectivity index (χ4v) is 2.51. The molecule has 2 nitrogen and oxygen atoms in total. The summed E-state index contributed by atoms with van der Waals surface area (Å²) in [5.41, 5.74) is 6.78. The summed E-state index contributed by atoms with van der Waals surface area (Å²) in [5, 5.41) is 0.0751. The maximum Gasteiger partial charge on any atom is 0.183 e. The highest BCUT2D eigenvalue weighted by atomic mass is 35.5. The second-order valence-corrected chi connectivity index (χ2v) is 4.74. The molecule has 0 radical (unpaired) electrons. The van der Waals surface area contributed by atoms with Crippen molar-refractivity contribution in [2.24, 2.45) is 5.73 Å². The molecule has 1 saturated carbocycles. The lowest BCUT2D eigenvalue weighted by molar-refractivity contribution is 0.381. The molecule has 1 aromatic carbocycles. The summed E-state index contributed by atoms with van der Waals surface area (Å²) in [5.74, 6) is -0.353. The molecule has 0 aromatic heterocycles. The Morgan fingerprint density at radius 2 is 2.00 bits per heavy atom. The quantitative estimate of drug-likeness (QED) is 0.866. The van der Waals surface area contributed by atoms with Crippen LogP contribution in [0.2, 0.25) is 5.02 Å². The maximum absolute atomic E-state index is 13.5. The number of methoxy groups -OCH3 is 1. The predicted octanol–water partition coefficient (Wildman–Crippen LogP) is 3.22. The van der Waals surface area contributed by atoms with Crippen LogP contribution in [0.5, 0.6) is 5.75 Å². The Morgan fingerprint density at radius 1 is 1.38 bits per heavy atom. The first-order chi connectivity index (χ1) is 7.57. The fourth-order valence-electron chi connectivity index (χ4n) is 2.29. The van der Waals surface area contributed by atoms with Gasteiger partial charge in [0.2, 0.25) is 0 Å². The molecule has 0 heterocycles. The molecule has 1 fully saturated rings. The first-order valence-corrected chi connectivity index (χ1v) is 5.77. The molecule has 4 heteroatoms. The smallest absolute Gasteiger partial charge is 0.183 e. The Morgan fingerprint density at radius 3 is 2.56 bits per heavy atom. The molecule has 1 aliphatic rings. The van der Waals surface area contributed by atoms with E-state index in [4.69, 9.17) is 22.1 Å². The van der Waals surface area contributed by atoms with E-state index in [9.17, 15) is 4.39 Å². The Balaban J connectivity index is 2.45. The molecule has 2 N–H and O–H groups in total. The van der Waals surface area contributed by atoms with Crippen LogP contribution in [0.25, 0.3) is 0 Å². The number of rotatable bonds is 2. The van der Waals surface area contributed by atoms with Gasteiger partial charge in [-0.15, -0.1) is 0 Å². The molecule has 0 amide bonds. The van der Waals surface area contributed by atoms with Crippen LogP contribution in [0.1, 0.15) is 31.2 Å². The van der Waals surface area contributed by atoms with Gasteiger partial charge in [-0.2, -0.15) is 0 Å².